The van der Waals surface area contributed by atoms with Crippen molar-refractivity contribution >= 4 is 15.7 Å². The number of halogens is 1. The fourth-order valence-corrected chi connectivity index (χ4v) is 4.30. The molecule has 2 aromatic carbocycles. The van der Waals surface area contributed by atoms with E-state index >= 15 is 0 Å². The van der Waals surface area contributed by atoms with E-state index in [-0.39, 0.29) is 34.5 Å². The predicted octanol–water partition coefficient (Wildman–Crippen LogP) is 3.60. The van der Waals surface area contributed by atoms with Gasteiger partial charge in [0.25, 0.3) is 5.91 Å². The van der Waals surface area contributed by atoms with Gasteiger partial charge in [-0.25, -0.2) is 12.8 Å². The van der Waals surface area contributed by atoms with E-state index in [1.54, 1.807) is 36.4 Å². The van der Waals surface area contributed by atoms with Crippen LogP contribution in [0.1, 0.15) is 21.9 Å². The van der Waals surface area contributed by atoms with E-state index in [1.165, 1.54) is 35.2 Å². The summed E-state index contributed by atoms with van der Waals surface area (Å²) in [6, 6.07) is 17.3. The van der Waals surface area contributed by atoms with Crippen molar-refractivity contribution < 1.29 is 22.0 Å². The topological polar surface area (TPSA) is 70.8 Å². The Morgan fingerprint density at radius 1 is 0.935 bits per heavy atom. The summed E-state index contributed by atoms with van der Waals surface area (Å²) in [6.07, 6.45) is 0. The number of rotatable bonds is 9. The summed E-state index contributed by atoms with van der Waals surface area (Å²) >= 11 is 0. The van der Waals surface area contributed by atoms with Crippen LogP contribution < -0.4 is 0 Å². The van der Waals surface area contributed by atoms with Crippen molar-refractivity contribution in [3.63, 3.8) is 0 Å². The van der Waals surface area contributed by atoms with Gasteiger partial charge >= 0.3 is 0 Å². The molecule has 1 heterocycles. The highest BCUT2D eigenvalue weighted by Crippen LogP contribution is 2.20. The Morgan fingerprint density at radius 2 is 1.61 bits per heavy atom. The molecule has 0 radical (unpaired) electrons. The number of nitrogens with zero attached hydrogens (tertiary/aromatic N) is 2. The molecule has 164 valence electrons. The molecule has 0 aliphatic carbocycles. The molecule has 0 aliphatic heterocycles. The van der Waals surface area contributed by atoms with Crippen molar-refractivity contribution in [2.75, 3.05) is 27.2 Å². The molecular formula is C23H25FN2O4S. The number of likely N-dealkylation sites (N-methyl/N-ethyl adjacent to an activating group) is 1. The molecule has 3 aromatic rings. The van der Waals surface area contributed by atoms with Crippen molar-refractivity contribution in [1.29, 1.82) is 0 Å². The quantitative estimate of drug-likeness (QED) is 0.504. The Morgan fingerprint density at radius 3 is 2.29 bits per heavy atom. The van der Waals surface area contributed by atoms with E-state index in [4.69, 9.17) is 4.42 Å². The van der Waals surface area contributed by atoms with Gasteiger partial charge in [-0.2, -0.15) is 0 Å². The van der Waals surface area contributed by atoms with E-state index in [1.807, 2.05) is 19.0 Å². The maximum atomic E-state index is 14.1. The molecule has 0 aliphatic rings. The molecule has 0 N–H and O–H groups in total. The van der Waals surface area contributed by atoms with Gasteiger partial charge in [0, 0.05) is 25.2 Å². The van der Waals surface area contributed by atoms with Gasteiger partial charge in [-0.05, 0) is 44.4 Å². The maximum absolute atomic E-state index is 14.1. The number of hydrogen-bond donors (Lipinski definition) is 0. The van der Waals surface area contributed by atoms with E-state index in [0.29, 0.717) is 18.7 Å². The molecule has 0 atom stereocenters. The summed E-state index contributed by atoms with van der Waals surface area (Å²) in [4.78, 5) is 16.7. The third kappa shape index (κ3) is 6.02. The zero-order valence-corrected chi connectivity index (χ0v) is 18.3. The lowest BCUT2D eigenvalue weighted by Crippen LogP contribution is -2.36. The van der Waals surface area contributed by atoms with Crippen LogP contribution in [0.15, 0.2) is 76.0 Å². The van der Waals surface area contributed by atoms with Gasteiger partial charge in [-0.3, -0.25) is 4.79 Å². The first-order chi connectivity index (χ1) is 14.8. The van der Waals surface area contributed by atoms with Gasteiger partial charge in [0.2, 0.25) is 0 Å². The number of sulfone groups is 1. The molecule has 0 spiro atoms. The average Bonchev–Trinajstić information content (AvgIpc) is 3.20. The summed E-state index contributed by atoms with van der Waals surface area (Å²) in [7, 11) is 0.164. The van der Waals surface area contributed by atoms with Crippen LogP contribution in [-0.2, 0) is 22.1 Å². The standard InChI is InChI=1S/C23H25FN2O4S/c1-25(2)14-15-26(16-18-8-6-7-11-21(18)24)23(27)22-13-12-19(30-22)17-31(28,29)20-9-4-3-5-10-20/h3-13H,14-17H2,1-2H3. The molecule has 0 saturated carbocycles. The minimum atomic E-state index is -3.60. The third-order valence-electron chi connectivity index (χ3n) is 4.73. The summed E-state index contributed by atoms with van der Waals surface area (Å²) in [6.45, 7) is 1.02. The lowest BCUT2D eigenvalue weighted by atomic mass is 10.2. The molecule has 8 heteroatoms. The van der Waals surface area contributed by atoms with Gasteiger partial charge in [0.15, 0.2) is 15.6 Å². The zero-order chi connectivity index (χ0) is 22.4. The number of carbonyl (C=O) groups is 1. The van der Waals surface area contributed by atoms with Crippen molar-refractivity contribution in [2.24, 2.45) is 0 Å². The fraction of sp³-hybridized carbons (Fsp3) is 0.261. The largest absolute Gasteiger partial charge is 0.455 e. The zero-order valence-electron chi connectivity index (χ0n) is 17.5. The maximum Gasteiger partial charge on any atom is 0.289 e. The molecule has 0 bridgehead atoms. The fourth-order valence-electron chi connectivity index (χ4n) is 3.03. The molecule has 1 aromatic heterocycles. The van der Waals surface area contributed by atoms with E-state index in [9.17, 15) is 17.6 Å². The van der Waals surface area contributed by atoms with Crippen LogP contribution in [0.2, 0.25) is 0 Å². The first-order valence-corrected chi connectivity index (χ1v) is 11.5. The third-order valence-corrected chi connectivity index (χ3v) is 6.39. The van der Waals surface area contributed by atoms with E-state index in [0.717, 1.165) is 0 Å². The van der Waals surface area contributed by atoms with Crippen LogP contribution in [0, 0.1) is 5.82 Å². The normalized spacial score (nSPS) is 11.6. The second kappa shape index (κ2) is 9.89. The molecule has 6 nitrogen and oxygen atoms in total. The summed E-state index contributed by atoms with van der Waals surface area (Å²) < 4.78 is 44.8. The summed E-state index contributed by atoms with van der Waals surface area (Å²) in [5.74, 6) is -0.971. The van der Waals surface area contributed by atoms with Crippen molar-refractivity contribution in [2.45, 2.75) is 17.2 Å². The van der Waals surface area contributed by atoms with Gasteiger partial charge in [0.1, 0.15) is 17.3 Å². The SMILES string of the molecule is CN(C)CCN(Cc1ccccc1F)C(=O)c1ccc(CS(=O)(=O)c2ccccc2)o1. The highest BCUT2D eigenvalue weighted by molar-refractivity contribution is 7.90. The Bertz CT molecular complexity index is 1130. The Hall–Kier alpha value is -2.97. The molecule has 31 heavy (non-hydrogen) atoms. The predicted molar refractivity (Wildman–Crippen MR) is 116 cm³/mol. The van der Waals surface area contributed by atoms with E-state index in [2.05, 4.69) is 0 Å². The molecule has 3 rings (SSSR count). The smallest absolute Gasteiger partial charge is 0.289 e. The first kappa shape index (κ1) is 22.7. The number of amides is 1. The number of hydrogen-bond acceptors (Lipinski definition) is 5. The van der Waals surface area contributed by atoms with Crippen LogP contribution >= 0.6 is 0 Å². The number of furan rings is 1. The lowest BCUT2D eigenvalue weighted by molar-refractivity contribution is 0.0696. The average molecular weight is 445 g/mol. The lowest BCUT2D eigenvalue weighted by Gasteiger charge is -2.24. The second-order valence-corrected chi connectivity index (χ2v) is 9.45. The second-order valence-electron chi connectivity index (χ2n) is 7.46. The number of carbonyl (C=O) groups excluding carboxylic acids is 1. The molecular weight excluding hydrogens is 419 g/mol. The Balaban J connectivity index is 1.78. The monoisotopic (exact) mass is 444 g/mol. The first-order valence-electron chi connectivity index (χ1n) is 9.80. The van der Waals surface area contributed by atoms with Gasteiger partial charge in [-0.1, -0.05) is 36.4 Å². The highest BCUT2D eigenvalue weighted by Gasteiger charge is 2.23. The van der Waals surface area contributed by atoms with Crippen LogP contribution in [0.4, 0.5) is 4.39 Å². The van der Waals surface area contributed by atoms with Crippen LogP contribution in [0.3, 0.4) is 0 Å². The van der Waals surface area contributed by atoms with Crippen LogP contribution in [0.25, 0.3) is 0 Å². The van der Waals surface area contributed by atoms with Gasteiger partial charge < -0.3 is 14.2 Å². The van der Waals surface area contributed by atoms with Gasteiger partial charge in [-0.15, -0.1) is 0 Å². The number of benzene rings is 2. The summed E-state index contributed by atoms with van der Waals surface area (Å²) in [5, 5.41) is 0. The molecule has 0 saturated heterocycles. The van der Waals surface area contributed by atoms with Crippen molar-refractivity contribution in [3.05, 3.63) is 89.6 Å². The minimum absolute atomic E-state index is 0.0216. The summed E-state index contributed by atoms with van der Waals surface area (Å²) in [5.41, 5.74) is 0.396. The molecule has 0 fully saturated rings. The van der Waals surface area contributed by atoms with Crippen LogP contribution in [-0.4, -0.2) is 51.3 Å². The highest BCUT2D eigenvalue weighted by atomic mass is 32.2. The minimum Gasteiger partial charge on any atom is -0.455 e. The van der Waals surface area contributed by atoms with Crippen molar-refractivity contribution in [1.82, 2.24) is 9.80 Å². The Kier molecular flexibility index (Phi) is 7.25. The van der Waals surface area contributed by atoms with Crippen LogP contribution in [0.5, 0.6) is 0 Å². The van der Waals surface area contributed by atoms with Gasteiger partial charge in [0.05, 0.1) is 4.90 Å². The molecule has 0 unspecified atom stereocenters. The van der Waals surface area contributed by atoms with Crippen molar-refractivity contribution in [3.8, 4) is 0 Å². The Labute approximate surface area is 181 Å². The van der Waals surface area contributed by atoms with E-state index < -0.39 is 15.7 Å². The molecule has 1 amide bonds.